The number of amides is 2. The lowest BCUT2D eigenvalue weighted by molar-refractivity contribution is 0.0658. The van der Waals surface area contributed by atoms with Crippen molar-refractivity contribution in [2.75, 3.05) is 20.3 Å². The number of nitrogens with one attached hydrogen (secondary N) is 2. The van der Waals surface area contributed by atoms with Gasteiger partial charge in [0.25, 0.3) is 0 Å². The average Bonchev–Trinajstić information content (AvgIpc) is 2.30. The molecule has 106 valence electrons. The highest BCUT2D eigenvalue weighted by Crippen LogP contribution is 2.34. The summed E-state index contributed by atoms with van der Waals surface area (Å²) in [7, 11) is 1.52. The number of aliphatic hydroxyl groups excluding tert-OH is 1. The molecule has 18 heavy (non-hydrogen) atoms. The second-order valence-corrected chi connectivity index (χ2v) is 5.90. The molecule has 0 saturated heterocycles. The molecule has 1 saturated carbocycles. The molecule has 1 unspecified atom stereocenters. The number of ether oxygens (including phenoxy) is 1. The van der Waals surface area contributed by atoms with E-state index in [1.165, 1.54) is 7.11 Å². The maximum atomic E-state index is 11.6. The van der Waals surface area contributed by atoms with Crippen LogP contribution in [0.15, 0.2) is 0 Å². The van der Waals surface area contributed by atoms with Crippen LogP contribution >= 0.6 is 0 Å². The fourth-order valence-corrected chi connectivity index (χ4v) is 2.24. The van der Waals surface area contributed by atoms with Gasteiger partial charge < -0.3 is 20.5 Å². The Balaban J connectivity index is 2.17. The molecule has 0 spiro atoms. The molecular weight excluding hydrogens is 232 g/mol. The highest BCUT2D eigenvalue weighted by Gasteiger charge is 2.27. The molecule has 1 fully saturated rings. The van der Waals surface area contributed by atoms with Gasteiger partial charge in [0, 0.05) is 19.7 Å². The summed E-state index contributed by atoms with van der Waals surface area (Å²) >= 11 is 0. The van der Waals surface area contributed by atoms with Crippen molar-refractivity contribution in [2.24, 2.45) is 5.41 Å². The molecule has 0 aromatic heterocycles. The summed E-state index contributed by atoms with van der Waals surface area (Å²) in [6, 6.07) is 0.0625. The first kappa shape index (κ1) is 15.2. The quantitative estimate of drug-likeness (QED) is 0.695. The van der Waals surface area contributed by atoms with Crippen LogP contribution in [-0.4, -0.2) is 43.5 Å². The van der Waals surface area contributed by atoms with Crippen molar-refractivity contribution < 1.29 is 14.6 Å². The van der Waals surface area contributed by atoms with Crippen molar-refractivity contribution in [3.05, 3.63) is 0 Å². The lowest BCUT2D eigenvalue weighted by atomic mass is 9.76. The minimum Gasteiger partial charge on any atom is -0.389 e. The van der Waals surface area contributed by atoms with E-state index in [4.69, 9.17) is 4.74 Å². The van der Waals surface area contributed by atoms with Crippen LogP contribution in [0.1, 0.15) is 39.5 Å². The largest absolute Gasteiger partial charge is 0.389 e. The van der Waals surface area contributed by atoms with Crippen molar-refractivity contribution in [2.45, 2.75) is 51.7 Å². The Kier molecular flexibility index (Phi) is 5.88. The summed E-state index contributed by atoms with van der Waals surface area (Å²) in [5, 5.41) is 15.0. The second kappa shape index (κ2) is 6.95. The van der Waals surface area contributed by atoms with Gasteiger partial charge in [0.2, 0.25) is 0 Å². The van der Waals surface area contributed by atoms with E-state index in [1.807, 2.05) is 0 Å². The average molecular weight is 258 g/mol. The summed E-state index contributed by atoms with van der Waals surface area (Å²) in [6.45, 7) is 4.99. The molecule has 3 N–H and O–H groups in total. The van der Waals surface area contributed by atoms with Gasteiger partial charge in [-0.05, 0) is 31.1 Å². The first-order valence-corrected chi connectivity index (χ1v) is 6.64. The van der Waals surface area contributed by atoms with E-state index in [9.17, 15) is 9.90 Å². The molecule has 0 aliphatic heterocycles. The monoisotopic (exact) mass is 258 g/mol. The molecular formula is C13H26N2O3. The molecule has 0 bridgehead atoms. The van der Waals surface area contributed by atoms with Gasteiger partial charge in [-0.3, -0.25) is 0 Å². The van der Waals surface area contributed by atoms with E-state index < -0.39 is 6.10 Å². The maximum absolute atomic E-state index is 11.6. The number of urea groups is 1. The van der Waals surface area contributed by atoms with Gasteiger partial charge in [-0.2, -0.15) is 0 Å². The summed E-state index contributed by atoms with van der Waals surface area (Å²) in [5.74, 6) is 0. The topological polar surface area (TPSA) is 70.6 Å². The van der Waals surface area contributed by atoms with Gasteiger partial charge >= 0.3 is 6.03 Å². The standard InChI is InChI=1S/C13H26N2O3/c1-13(2)6-4-10(5-7-13)15-12(17)14-8-11(16)9-18-3/h10-11,16H,4-9H2,1-3H3,(H2,14,15,17). The van der Waals surface area contributed by atoms with Gasteiger partial charge in [-0.1, -0.05) is 13.8 Å². The van der Waals surface area contributed by atoms with Crippen LogP contribution in [0, 0.1) is 5.41 Å². The van der Waals surface area contributed by atoms with Gasteiger partial charge in [0.1, 0.15) is 0 Å². The number of hydrogen-bond acceptors (Lipinski definition) is 3. The molecule has 1 aliphatic rings. The molecule has 0 heterocycles. The van der Waals surface area contributed by atoms with Gasteiger partial charge in [0.15, 0.2) is 0 Å². The number of methoxy groups -OCH3 is 1. The number of aliphatic hydroxyl groups is 1. The molecule has 5 nitrogen and oxygen atoms in total. The predicted octanol–water partition coefficient (Wildman–Crippen LogP) is 1.26. The first-order chi connectivity index (χ1) is 8.43. The van der Waals surface area contributed by atoms with E-state index in [0.717, 1.165) is 25.7 Å². The van der Waals surface area contributed by atoms with Crippen molar-refractivity contribution in [3.63, 3.8) is 0 Å². The summed E-state index contributed by atoms with van der Waals surface area (Å²) < 4.78 is 4.79. The lowest BCUT2D eigenvalue weighted by Gasteiger charge is -2.34. The Labute approximate surface area is 109 Å². The Hall–Kier alpha value is -0.810. The molecule has 2 amide bonds. The molecule has 1 atom stereocenters. The van der Waals surface area contributed by atoms with E-state index >= 15 is 0 Å². The Bertz CT molecular complexity index is 259. The Morgan fingerprint density at radius 3 is 2.61 bits per heavy atom. The third kappa shape index (κ3) is 5.69. The van der Waals surface area contributed by atoms with Crippen LogP contribution in [0.25, 0.3) is 0 Å². The van der Waals surface area contributed by atoms with E-state index in [2.05, 4.69) is 24.5 Å². The second-order valence-electron chi connectivity index (χ2n) is 5.90. The summed E-state index contributed by atoms with van der Waals surface area (Å²) in [5.41, 5.74) is 0.406. The Morgan fingerprint density at radius 1 is 1.44 bits per heavy atom. The number of hydrogen-bond donors (Lipinski definition) is 3. The van der Waals surface area contributed by atoms with Crippen LogP contribution < -0.4 is 10.6 Å². The number of rotatable bonds is 5. The zero-order valence-corrected chi connectivity index (χ0v) is 11.7. The fourth-order valence-electron chi connectivity index (χ4n) is 2.24. The van der Waals surface area contributed by atoms with Crippen molar-refractivity contribution in [3.8, 4) is 0 Å². The van der Waals surface area contributed by atoms with Crippen LogP contribution in [0.3, 0.4) is 0 Å². The molecule has 1 aliphatic carbocycles. The SMILES string of the molecule is COCC(O)CNC(=O)NC1CCC(C)(C)CC1. The van der Waals surface area contributed by atoms with Crippen LogP contribution in [0.2, 0.25) is 0 Å². The molecule has 0 aromatic carbocycles. The first-order valence-electron chi connectivity index (χ1n) is 6.64. The molecule has 1 rings (SSSR count). The Morgan fingerprint density at radius 2 is 2.06 bits per heavy atom. The minimum atomic E-state index is -0.647. The van der Waals surface area contributed by atoms with E-state index in [0.29, 0.717) is 5.41 Å². The highest BCUT2D eigenvalue weighted by molar-refractivity contribution is 5.74. The molecule has 0 aromatic rings. The summed E-state index contributed by atoms with van der Waals surface area (Å²) in [4.78, 5) is 11.6. The third-order valence-corrected chi connectivity index (χ3v) is 3.53. The number of carbonyl (C=O) groups excluding carboxylic acids is 1. The van der Waals surface area contributed by atoms with E-state index in [-0.39, 0.29) is 25.2 Å². The third-order valence-electron chi connectivity index (χ3n) is 3.53. The maximum Gasteiger partial charge on any atom is 0.315 e. The predicted molar refractivity (Wildman–Crippen MR) is 70.5 cm³/mol. The van der Waals surface area contributed by atoms with Gasteiger partial charge in [-0.25, -0.2) is 4.79 Å². The smallest absolute Gasteiger partial charge is 0.315 e. The van der Waals surface area contributed by atoms with Crippen molar-refractivity contribution >= 4 is 6.03 Å². The lowest BCUT2D eigenvalue weighted by Crippen LogP contribution is -2.46. The zero-order chi connectivity index (χ0) is 13.6. The van der Waals surface area contributed by atoms with Crippen LogP contribution in [-0.2, 0) is 4.74 Å². The summed E-state index contributed by atoms with van der Waals surface area (Å²) in [6.07, 6.45) is 3.70. The minimum absolute atomic E-state index is 0.199. The van der Waals surface area contributed by atoms with Gasteiger partial charge in [0.05, 0.1) is 12.7 Å². The van der Waals surface area contributed by atoms with Crippen molar-refractivity contribution in [1.29, 1.82) is 0 Å². The van der Waals surface area contributed by atoms with Crippen LogP contribution in [0.4, 0.5) is 4.79 Å². The van der Waals surface area contributed by atoms with Crippen molar-refractivity contribution in [1.82, 2.24) is 10.6 Å². The highest BCUT2D eigenvalue weighted by atomic mass is 16.5. The normalized spacial score (nSPS) is 21.3. The number of carbonyl (C=O) groups is 1. The molecule has 0 radical (unpaired) electrons. The van der Waals surface area contributed by atoms with E-state index in [1.54, 1.807) is 0 Å². The fraction of sp³-hybridized carbons (Fsp3) is 0.923. The van der Waals surface area contributed by atoms with Gasteiger partial charge in [-0.15, -0.1) is 0 Å². The molecule has 5 heteroatoms. The zero-order valence-electron chi connectivity index (χ0n) is 11.7. The van der Waals surface area contributed by atoms with Crippen LogP contribution in [0.5, 0.6) is 0 Å².